The Hall–Kier alpha value is 0.154. The minimum Gasteiger partial charge on any atom is -0.268 e. The lowest BCUT2D eigenvalue weighted by Gasteiger charge is -2.34. The normalized spacial score (nSPS) is 39.5. The van der Waals surface area contributed by atoms with Crippen molar-refractivity contribution >= 4 is 16.5 Å². The van der Waals surface area contributed by atoms with Crippen LogP contribution >= 0.6 is 0 Å². The third-order valence-corrected chi connectivity index (χ3v) is 10.5. The minimum atomic E-state index is -5.12. The predicted octanol–water partition coefficient (Wildman–Crippen LogP) is 3.11. The van der Waals surface area contributed by atoms with E-state index in [1.165, 1.54) is 0 Å². The Morgan fingerprint density at radius 1 is 0.833 bits per heavy atom. The molecule has 0 radical (unpaired) electrons. The summed E-state index contributed by atoms with van der Waals surface area (Å²) in [6.07, 6.45) is 0. The number of hydrogen-bond donors (Lipinski definition) is 0. The lowest BCUT2D eigenvalue weighted by molar-refractivity contribution is 0.378. The van der Waals surface area contributed by atoms with Gasteiger partial charge in [0.05, 0.1) is 0 Å². The summed E-state index contributed by atoms with van der Waals surface area (Å²) in [5, 5.41) is 0. The van der Waals surface area contributed by atoms with E-state index in [0.717, 1.165) is 0 Å². The zero-order valence-electron chi connectivity index (χ0n) is 7.08. The standard InChI is InChI=1S/C6H12F4Si2/c1-5-3-11(7,8)12(9,10)4-6(5)2/h5-6H,3-4H2,1-2H3/t5-,6-/m0/s1. The Balaban J connectivity index is 2.80. The van der Waals surface area contributed by atoms with E-state index in [4.69, 9.17) is 0 Å². The van der Waals surface area contributed by atoms with E-state index in [9.17, 15) is 16.4 Å². The maximum atomic E-state index is 12.9. The Kier molecular flexibility index (Phi) is 2.41. The molecule has 0 saturated carbocycles. The largest absolute Gasteiger partial charge is 0.477 e. The van der Waals surface area contributed by atoms with Crippen molar-refractivity contribution in [2.45, 2.75) is 25.9 Å². The van der Waals surface area contributed by atoms with Crippen LogP contribution in [0.4, 0.5) is 16.4 Å². The lowest BCUT2D eigenvalue weighted by atomic mass is 10.0. The summed E-state index contributed by atoms with van der Waals surface area (Å²) in [5.74, 6) is -0.447. The average molecular weight is 216 g/mol. The van der Waals surface area contributed by atoms with Crippen LogP contribution in [0.3, 0.4) is 0 Å². The van der Waals surface area contributed by atoms with Crippen molar-refractivity contribution in [1.29, 1.82) is 0 Å². The van der Waals surface area contributed by atoms with Gasteiger partial charge in [-0.1, -0.05) is 13.8 Å². The molecule has 0 aromatic heterocycles. The summed E-state index contributed by atoms with van der Waals surface area (Å²) in [4.78, 5) is 0. The Bertz CT molecular complexity index is 162. The van der Waals surface area contributed by atoms with E-state index in [1.54, 1.807) is 13.8 Å². The zero-order chi connectivity index (χ0) is 9.57. The van der Waals surface area contributed by atoms with Crippen LogP contribution in [-0.4, -0.2) is 16.5 Å². The molecule has 1 saturated heterocycles. The highest BCUT2D eigenvalue weighted by atomic mass is 29.3. The zero-order valence-corrected chi connectivity index (χ0v) is 9.08. The summed E-state index contributed by atoms with van der Waals surface area (Å²) >= 11 is 0. The van der Waals surface area contributed by atoms with Crippen LogP contribution in [0.2, 0.25) is 12.1 Å². The van der Waals surface area contributed by atoms with Gasteiger partial charge in [0.2, 0.25) is 0 Å². The highest BCUT2D eigenvalue weighted by molar-refractivity contribution is 7.31. The minimum absolute atomic E-state index is 0.223. The third-order valence-electron chi connectivity index (χ3n) is 2.66. The number of hydrogen-bond acceptors (Lipinski definition) is 0. The second-order valence-corrected chi connectivity index (χ2v) is 11.8. The SMILES string of the molecule is C[C@H]1C[Si](F)(F)[Si](F)(F)C[C@@H]1C. The topological polar surface area (TPSA) is 0 Å². The summed E-state index contributed by atoms with van der Waals surface area (Å²) in [6, 6.07) is -0.985. The molecule has 12 heavy (non-hydrogen) atoms. The fraction of sp³-hybridized carbons (Fsp3) is 1.00. The van der Waals surface area contributed by atoms with Gasteiger partial charge < -0.3 is 0 Å². The molecule has 72 valence electrons. The number of halogens is 4. The molecule has 0 aliphatic carbocycles. The molecule has 0 N–H and O–H groups in total. The molecule has 0 amide bonds. The predicted molar refractivity (Wildman–Crippen MR) is 43.9 cm³/mol. The van der Waals surface area contributed by atoms with Gasteiger partial charge in [-0.05, 0) is 11.8 Å². The fourth-order valence-corrected chi connectivity index (χ4v) is 8.25. The van der Waals surface area contributed by atoms with Crippen molar-refractivity contribution in [1.82, 2.24) is 0 Å². The molecule has 1 rings (SSSR count). The maximum Gasteiger partial charge on any atom is 0.477 e. The summed E-state index contributed by atoms with van der Waals surface area (Å²) in [5.41, 5.74) is 0. The first-order valence-electron chi connectivity index (χ1n) is 4.02. The first-order valence-corrected chi connectivity index (χ1v) is 8.94. The first-order chi connectivity index (χ1) is 5.26. The molecule has 0 aromatic carbocycles. The van der Waals surface area contributed by atoms with Gasteiger partial charge >= 0.3 is 16.5 Å². The van der Waals surface area contributed by atoms with Gasteiger partial charge in [-0.3, -0.25) is 16.4 Å². The molecule has 0 spiro atoms. The van der Waals surface area contributed by atoms with E-state index in [2.05, 4.69) is 0 Å². The van der Waals surface area contributed by atoms with Gasteiger partial charge in [-0.2, -0.15) is 0 Å². The first kappa shape index (κ1) is 10.2. The molecule has 1 fully saturated rings. The van der Waals surface area contributed by atoms with Gasteiger partial charge in [0, 0.05) is 12.1 Å². The van der Waals surface area contributed by atoms with Crippen molar-refractivity contribution < 1.29 is 16.4 Å². The molecule has 1 aliphatic heterocycles. The van der Waals surface area contributed by atoms with Gasteiger partial charge in [-0.25, -0.2) is 0 Å². The summed E-state index contributed by atoms with van der Waals surface area (Å²) < 4.78 is 51.4. The van der Waals surface area contributed by atoms with Crippen molar-refractivity contribution in [2.75, 3.05) is 0 Å². The van der Waals surface area contributed by atoms with E-state index < -0.39 is 28.6 Å². The monoisotopic (exact) mass is 216 g/mol. The van der Waals surface area contributed by atoms with Crippen LogP contribution in [0.25, 0.3) is 0 Å². The van der Waals surface area contributed by atoms with Gasteiger partial charge in [0.1, 0.15) is 0 Å². The highest BCUT2D eigenvalue weighted by Gasteiger charge is 2.68. The van der Waals surface area contributed by atoms with E-state index in [0.29, 0.717) is 0 Å². The van der Waals surface area contributed by atoms with Crippen LogP contribution in [-0.2, 0) is 0 Å². The maximum absolute atomic E-state index is 12.9. The molecule has 0 unspecified atom stereocenters. The van der Waals surface area contributed by atoms with Crippen molar-refractivity contribution in [3.63, 3.8) is 0 Å². The van der Waals surface area contributed by atoms with E-state index in [1.807, 2.05) is 0 Å². The highest BCUT2D eigenvalue weighted by Crippen LogP contribution is 2.44. The summed E-state index contributed by atoms with van der Waals surface area (Å²) in [7, 11) is -10.2. The third kappa shape index (κ3) is 1.59. The molecule has 0 bridgehead atoms. The molecule has 2 atom stereocenters. The Morgan fingerprint density at radius 2 is 1.08 bits per heavy atom. The van der Waals surface area contributed by atoms with E-state index in [-0.39, 0.29) is 11.8 Å². The van der Waals surface area contributed by atoms with Crippen molar-refractivity contribution in [3.05, 3.63) is 0 Å². The Morgan fingerprint density at radius 3 is 1.33 bits per heavy atom. The summed E-state index contributed by atoms with van der Waals surface area (Å²) in [6.45, 7) is 3.30. The molecule has 0 nitrogen and oxygen atoms in total. The molecular weight excluding hydrogens is 204 g/mol. The van der Waals surface area contributed by atoms with E-state index >= 15 is 0 Å². The average Bonchev–Trinajstić information content (AvgIpc) is 1.82. The van der Waals surface area contributed by atoms with Crippen molar-refractivity contribution in [3.8, 4) is 0 Å². The molecule has 6 heteroatoms. The van der Waals surface area contributed by atoms with Crippen LogP contribution in [0.1, 0.15) is 13.8 Å². The van der Waals surface area contributed by atoms with Crippen LogP contribution < -0.4 is 0 Å². The molecule has 0 aromatic rings. The molecule has 1 aliphatic rings. The van der Waals surface area contributed by atoms with Gasteiger partial charge in [-0.15, -0.1) is 0 Å². The van der Waals surface area contributed by atoms with Crippen LogP contribution in [0.5, 0.6) is 0 Å². The molecular formula is C6H12F4Si2. The van der Waals surface area contributed by atoms with Gasteiger partial charge in [0.25, 0.3) is 0 Å². The second kappa shape index (κ2) is 2.83. The van der Waals surface area contributed by atoms with Gasteiger partial charge in [0.15, 0.2) is 0 Å². The smallest absolute Gasteiger partial charge is 0.268 e. The second-order valence-electron chi connectivity index (χ2n) is 3.77. The van der Waals surface area contributed by atoms with Crippen LogP contribution in [0.15, 0.2) is 0 Å². The fourth-order valence-electron chi connectivity index (χ4n) is 1.51. The Labute approximate surface area is 71.5 Å². The lowest BCUT2D eigenvalue weighted by Crippen LogP contribution is -2.56. The number of rotatable bonds is 0. The van der Waals surface area contributed by atoms with Crippen LogP contribution in [0, 0.1) is 11.8 Å². The molecule has 1 heterocycles. The quantitative estimate of drug-likeness (QED) is 0.331. The van der Waals surface area contributed by atoms with Crippen molar-refractivity contribution in [2.24, 2.45) is 11.8 Å².